The van der Waals surface area contributed by atoms with Gasteiger partial charge in [0.15, 0.2) is 0 Å². The van der Waals surface area contributed by atoms with Crippen LogP contribution in [0.4, 0.5) is 0 Å². The molecule has 0 aliphatic heterocycles. The van der Waals surface area contributed by atoms with Crippen molar-refractivity contribution in [3.05, 3.63) is 0 Å². The van der Waals surface area contributed by atoms with Gasteiger partial charge >= 0.3 is 0 Å². The lowest BCUT2D eigenvalue weighted by Crippen LogP contribution is -2.26. The van der Waals surface area contributed by atoms with Crippen LogP contribution in [0.2, 0.25) is 0 Å². The van der Waals surface area contributed by atoms with Gasteiger partial charge < -0.3 is 5.32 Å². The summed E-state index contributed by atoms with van der Waals surface area (Å²) < 4.78 is 0. The fraction of sp³-hybridized carbons (Fsp3) is 0.889. The Hall–Kier alpha value is -0.530. The van der Waals surface area contributed by atoms with Gasteiger partial charge in [-0.25, -0.2) is 0 Å². The number of carbonyl (C=O) groups is 1. The monoisotopic (exact) mass is 161 g/mol. The Morgan fingerprint density at radius 2 is 1.73 bits per heavy atom. The smallest absolute Gasteiger partial charge is 0.222 e. The lowest BCUT2D eigenvalue weighted by Gasteiger charge is -2.08. The van der Waals surface area contributed by atoms with Gasteiger partial charge in [-0.1, -0.05) is 27.7 Å². The second-order valence-corrected chi connectivity index (χ2v) is 2.13. The summed E-state index contributed by atoms with van der Waals surface area (Å²) in [6.07, 6.45) is 1.88. The molecule has 0 aliphatic rings. The number of nitrogens with one attached hydrogen (secondary N) is 1. The van der Waals surface area contributed by atoms with Crippen molar-refractivity contribution in [2.24, 2.45) is 5.92 Å². The minimum Gasteiger partial charge on any atom is -0.359 e. The lowest BCUT2D eigenvalue weighted by atomic mass is 10.0. The van der Waals surface area contributed by atoms with E-state index < -0.39 is 0 Å². The fourth-order valence-corrected chi connectivity index (χ4v) is 0.864. The maximum absolute atomic E-state index is 10.9. The van der Waals surface area contributed by atoms with E-state index >= 15 is 0 Å². The van der Waals surface area contributed by atoms with E-state index in [9.17, 15) is 4.79 Å². The minimum atomic E-state index is 0. The number of amides is 1. The standard InChI is InChI=1S/C7H15NO.C2H6.H2/c1-4-6(5-2)7(9)8-3;1-2;/h6H,4-5H2,1-3H3,(H,8,9);1-2H3;1H. The first-order valence-electron chi connectivity index (χ1n) is 4.47. The predicted molar refractivity (Wildman–Crippen MR) is 51.6 cm³/mol. The molecule has 0 aromatic heterocycles. The molecule has 0 aromatic rings. The Labute approximate surface area is 71.9 Å². The molecule has 0 atom stereocenters. The minimum absolute atomic E-state index is 0. The van der Waals surface area contributed by atoms with Gasteiger partial charge in [-0.2, -0.15) is 0 Å². The van der Waals surface area contributed by atoms with Crippen LogP contribution in [-0.2, 0) is 4.79 Å². The second-order valence-electron chi connectivity index (χ2n) is 2.13. The first-order valence-corrected chi connectivity index (χ1v) is 4.47. The van der Waals surface area contributed by atoms with Gasteiger partial charge in [-0.05, 0) is 12.8 Å². The molecule has 1 N–H and O–H groups in total. The van der Waals surface area contributed by atoms with Gasteiger partial charge in [0, 0.05) is 14.4 Å². The van der Waals surface area contributed by atoms with Crippen LogP contribution < -0.4 is 5.32 Å². The van der Waals surface area contributed by atoms with Crippen LogP contribution >= 0.6 is 0 Å². The van der Waals surface area contributed by atoms with Crippen LogP contribution in [0.5, 0.6) is 0 Å². The highest BCUT2D eigenvalue weighted by Crippen LogP contribution is 2.05. The Balaban J connectivity index is -0.000000249. The van der Waals surface area contributed by atoms with Crippen LogP contribution in [0.1, 0.15) is 42.0 Å². The molecular weight excluding hydrogens is 138 g/mol. The molecule has 0 aliphatic carbocycles. The summed E-state index contributed by atoms with van der Waals surface area (Å²) in [6.45, 7) is 8.06. The molecule has 0 radical (unpaired) electrons. The average molecular weight is 161 g/mol. The van der Waals surface area contributed by atoms with Crippen molar-refractivity contribution >= 4 is 5.91 Å². The van der Waals surface area contributed by atoms with Crippen molar-refractivity contribution < 1.29 is 6.22 Å². The zero-order chi connectivity index (χ0) is 9.28. The molecule has 2 nitrogen and oxygen atoms in total. The molecular formula is C9H23NO. The maximum atomic E-state index is 10.9. The Kier molecular flexibility index (Phi) is 11.3. The molecule has 0 aromatic carbocycles. The molecule has 0 spiro atoms. The van der Waals surface area contributed by atoms with Crippen LogP contribution in [-0.4, -0.2) is 13.0 Å². The van der Waals surface area contributed by atoms with E-state index in [-0.39, 0.29) is 13.3 Å². The lowest BCUT2D eigenvalue weighted by molar-refractivity contribution is -0.124. The first kappa shape index (κ1) is 13.1. The van der Waals surface area contributed by atoms with Crippen molar-refractivity contribution in [3.63, 3.8) is 0 Å². The third-order valence-corrected chi connectivity index (χ3v) is 1.60. The Morgan fingerprint density at radius 3 is 1.82 bits per heavy atom. The van der Waals surface area contributed by atoms with E-state index in [1.165, 1.54) is 0 Å². The summed E-state index contributed by atoms with van der Waals surface area (Å²) in [5.41, 5.74) is 0. The van der Waals surface area contributed by atoms with E-state index in [0.717, 1.165) is 12.8 Å². The number of carbonyl (C=O) groups excluding carboxylic acids is 1. The zero-order valence-corrected chi connectivity index (χ0v) is 8.40. The molecule has 0 saturated heterocycles. The Bertz CT molecular complexity index is 92.5. The summed E-state index contributed by atoms with van der Waals surface area (Å²) >= 11 is 0. The maximum Gasteiger partial charge on any atom is 0.222 e. The molecule has 2 heteroatoms. The van der Waals surface area contributed by atoms with Gasteiger partial charge in [0.05, 0.1) is 0 Å². The van der Waals surface area contributed by atoms with Gasteiger partial charge in [0.1, 0.15) is 0 Å². The fourth-order valence-electron chi connectivity index (χ4n) is 0.864. The van der Waals surface area contributed by atoms with E-state index in [4.69, 9.17) is 0 Å². The van der Waals surface area contributed by atoms with E-state index in [0.29, 0.717) is 0 Å². The normalized spacial score (nSPS) is 8.55. The quantitative estimate of drug-likeness (QED) is 0.676. The first-order chi connectivity index (χ1) is 5.26. The molecule has 0 unspecified atom stereocenters. The zero-order valence-electron chi connectivity index (χ0n) is 8.40. The molecule has 0 rings (SSSR count). The van der Waals surface area contributed by atoms with Gasteiger partial charge in [-0.3, -0.25) is 4.79 Å². The van der Waals surface area contributed by atoms with Gasteiger partial charge in [-0.15, -0.1) is 0 Å². The third-order valence-electron chi connectivity index (χ3n) is 1.60. The SMILES string of the molecule is CC.CCC(CC)C(=O)NC.[HH]. The van der Waals surface area contributed by atoms with Crippen molar-refractivity contribution in [2.75, 3.05) is 7.05 Å². The third kappa shape index (κ3) is 5.89. The summed E-state index contributed by atoms with van der Waals surface area (Å²) in [4.78, 5) is 10.9. The topological polar surface area (TPSA) is 29.1 Å². The summed E-state index contributed by atoms with van der Waals surface area (Å²) in [5, 5.41) is 2.63. The highest BCUT2D eigenvalue weighted by molar-refractivity contribution is 5.78. The molecule has 0 bridgehead atoms. The molecule has 70 valence electrons. The number of hydrogen-bond acceptors (Lipinski definition) is 1. The van der Waals surface area contributed by atoms with Crippen molar-refractivity contribution in [1.29, 1.82) is 0 Å². The molecule has 0 saturated carbocycles. The van der Waals surface area contributed by atoms with Crippen LogP contribution in [0.3, 0.4) is 0 Å². The largest absolute Gasteiger partial charge is 0.359 e. The highest BCUT2D eigenvalue weighted by Gasteiger charge is 2.10. The molecule has 11 heavy (non-hydrogen) atoms. The molecule has 1 amide bonds. The van der Waals surface area contributed by atoms with Crippen LogP contribution in [0.25, 0.3) is 0 Å². The van der Waals surface area contributed by atoms with E-state index in [2.05, 4.69) is 5.32 Å². The van der Waals surface area contributed by atoms with Crippen molar-refractivity contribution in [3.8, 4) is 0 Å². The molecule has 0 heterocycles. The summed E-state index contributed by atoms with van der Waals surface area (Å²) in [7, 11) is 1.68. The molecule has 0 fully saturated rings. The summed E-state index contributed by atoms with van der Waals surface area (Å²) in [6, 6.07) is 0. The van der Waals surface area contributed by atoms with Crippen LogP contribution in [0, 0.1) is 5.92 Å². The van der Waals surface area contributed by atoms with E-state index in [1.54, 1.807) is 7.05 Å². The highest BCUT2D eigenvalue weighted by atomic mass is 16.1. The van der Waals surface area contributed by atoms with Crippen molar-refractivity contribution in [1.82, 2.24) is 5.32 Å². The van der Waals surface area contributed by atoms with Gasteiger partial charge in [0.2, 0.25) is 5.91 Å². The number of rotatable bonds is 3. The predicted octanol–water partition coefficient (Wildman–Crippen LogP) is 2.44. The Morgan fingerprint density at radius 1 is 1.36 bits per heavy atom. The van der Waals surface area contributed by atoms with Crippen molar-refractivity contribution in [2.45, 2.75) is 40.5 Å². The van der Waals surface area contributed by atoms with Crippen LogP contribution in [0.15, 0.2) is 0 Å². The van der Waals surface area contributed by atoms with Gasteiger partial charge in [0.25, 0.3) is 0 Å². The van der Waals surface area contributed by atoms with E-state index in [1.807, 2.05) is 27.7 Å². The number of hydrogen-bond donors (Lipinski definition) is 1. The summed E-state index contributed by atoms with van der Waals surface area (Å²) in [5.74, 6) is 0.384. The average Bonchev–Trinajstić information content (AvgIpc) is 2.10. The second kappa shape index (κ2) is 9.47.